The fourth-order valence-corrected chi connectivity index (χ4v) is 2.73. The zero-order valence-electron chi connectivity index (χ0n) is 13.7. The fraction of sp³-hybridized carbons (Fsp3) is 0.412. The van der Waals surface area contributed by atoms with Crippen LogP contribution in [-0.4, -0.2) is 27.8 Å². The number of carbonyl (C=O) groups is 1. The van der Waals surface area contributed by atoms with Gasteiger partial charge in [0, 0.05) is 23.3 Å². The molecule has 1 atom stereocenters. The molecular weight excluding hydrogens is 312 g/mol. The second kappa shape index (κ2) is 7.15. The molecule has 0 saturated heterocycles. The topological polar surface area (TPSA) is 72.9 Å². The second-order valence-electron chi connectivity index (χ2n) is 6.47. The normalized spacial score (nSPS) is 13.8. The number of carbonyl (C=O) groups excluding carboxylic acids is 1. The van der Waals surface area contributed by atoms with E-state index in [0.717, 1.165) is 12.1 Å². The minimum atomic E-state index is -0.423. The number of hydrogen-bond acceptors (Lipinski definition) is 3. The molecule has 0 aliphatic carbocycles. The Morgan fingerprint density at radius 3 is 2.61 bits per heavy atom. The first-order valence-electron chi connectivity index (χ1n) is 7.66. The molecule has 1 amide bonds. The SMILES string of the molecule is CC(C)CC(C)(CN)NC(=O)c1cnn(-c2ccc(Cl)cc2)c1. The molecule has 0 fully saturated rings. The van der Waals surface area contributed by atoms with E-state index in [1.165, 1.54) is 0 Å². The van der Waals surface area contributed by atoms with Gasteiger partial charge in [0.05, 0.1) is 17.4 Å². The smallest absolute Gasteiger partial charge is 0.254 e. The predicted molar refractivity (Wildman–Crippen MR) is 93.0 cm³/mol. The fourth-order valence-electron chi connectivity index (χ4n) is 2.61. The summed E-state index contributed by atoms with van der Waals surface area (Å²) >= 11 is 5.88. The van der Waals surface area contributed by atoms with Crippen LogP contribution >= 0.6 is 11.6 Å². The van der Waals surface area contributed by atoms with Crippen molar-refractivity contribution in [2.75, 3.05) is 6.54 Å². The van der Waals surface area contributed by atoms with Gasteiger partial charge in [-0.1, -0.05) is 25.4 Å². The number of amides is 1. The number of rotatable bonds is 6. The summed E-state index contributed by atoms with van der Waals surface area (Å²) < 4.78 is 1.65. The summed E-state index contributed by atoms with van der Waals surface area (Å²) in [5.74, 6) is 0.277. The van der Waals surface area contributed by atoms with Gasteiger partial charge in [-0.2, -0.15) is 5.10 Å². The molecule has 6 heteroatoms. The number of hydrogen-bond donors (Lipinski definition) is 2. The molecule has 1 heterocycles. The predicted octanol–water partition coefficient (Wildman–Crippen LogP) is 3.02. The summed E-state index contributed by atoms with van der Waals surface area (Å²) in [5, 5.41) is 7.92. The minimum Gasteiger partial charge on any atom is -0.346 e. The third-order valence-corrected chi connectivity index (χ3v) is 3.91. The number of nitrogens with zero attached hydrogens (tertiary/aromatic N) is 2. The minimum absolute atomic E-state index is 0.168. The third kappa shape index (κ3) is 4.56. The zero-order chi connectivity index (χ0) is 17.0. The van der Waals surface area contributed by atoms with Crippen LogP contribution in [0.1, 0.15) is 37.6 Å². The van der Waals surface area contributed by atoms with Crippen LogP contribution in [-0.2, 0) is 0 Å². The third-order valence-electron chi connectivity index (χ3n) is 3.66. The molecule has 23 heavy (non-hydrogen) atoms. The van der Waals surface area contributed by atoms with E-state index in [0.29, 0.717) is 23.0 Å². The average molecular weight is 335 g/mol. The molecule has 0 spiro atoms. The van der Waals surface area contributed by atoms with E-state index < -0.39 is 5.54 Å². The molecule has 0 saturated carbocycles. The highest BCUT2D eigenvalue weighted by atomic mass is 35.5. The van der Waals surface area contributed by atoms with Crippen molar-refractivity contribution in [1.29, 1.82) is 0 Å². The van der Waals surface area contributed by atoms with E-state index in [1.54, 1.807) is 29.2 Å². The Hall–Kier alpha value is -1.85. The maximum Gasteiger partial charge on any atom is 0.254 e. The highest BCUT2D eigenvalue weighted by molar-refractivity contribution is 6.30. The van der Waals surface area contributed by atoms with E-state index >= 15 is 0 Å². The van der Waals surface area contributed by atoms with Gasteiger partial charge in [-0.05, 0) is 43.5 Å². The number of halogens is 1. The first-order chi connectivity index (χ1) is 10.8. The van der Waals surface area contributed by atoms with Gasteiger partial charge in [0.1, 0.15) is 0 Å². The lowest BCUT2D eigenvalue weighted by Gasteiger charge is -2.31. The quantitative estimate of drug-likeness (QED) is 0.852. The van der Waals surface area contributed by atoms with Crippen LogP contribution in [0, 0.1) is 5.92 Å². The van der Waals surface area contributed by atoms with Crippen molar-refractivity contribution in [3.63, 3.8) is 0 Å². The number of aromatic nitrogens is 2. The van der Waals surface area contributed by atoms with Crippen LogP contribution in [0.4, 0.5) is 0 Å². The van der Waals surface area contributed by atoms with E-state index in [1.807, 2.05) is 19.1 Å². The lowest BCUT2D eigenvalue weighted by Crippen LogP contribution is -2.52. The van der Waals surface area contributed by atoms with Crippen molar-refractivity contribution in [3.05, 3.63) is 47.2 Å². The monoisotopic (exact) mass is 334 g/mol. The molecule has 1 unspecified atom stereocenters. The van der Waals surface area contributed by atoms with Gasteiger partial charge in [-0.15, -0.1) is 0 Å². The van der Waals surface area contributed by atoms with Crippen LogP contribution in [0.2, 0.25) is 5.02 Å². The Morgan fingerprint density at radius 1 is 1.39 bits per heavy atom. The Balaban J connectivity index is 2.13. The highest BCUT2D eigenvalue weighted by Crippen LogP contribution is 2.17. The average Bonchev–Trinajstić information content (AvgIpc) is 2.97. The Morgan fingerprint density at radius 2 is 2.04 bits per heavy atom. The molecular formula is C17H23ClN4O. The van der Waals surface area contributed by atoms with Gasteiger partial charge in [-0.3, -0.25) is 4.79 Å². The molecule has 2 aromatic rings. The van der Waals surface area contributed by atoms with Crippen molar-refractivity contribution in [2.45, 2.75) is 32.7 Å². The summed E-state index contributed by atoms with van der Waals surface area (Å²) in [6, 6.07) is 7.26. The number of nitrogens with one attached hydrogen (secondary N) is 1. The van der Waals surface area contributed by atoms with Gasteiger partial charge < -0.3 is 11.1 Å². The first kappa shape index (κ1) is 17.5. The summed E-state index contributed by atoms with van der Waals surface area (Å²) in [6.45, 7) is 6.58. The van der Waals surface area contributed by atoms with Gasteiger partial charge >= 0.3 is 0 Å². The Kier molecular flexibility index (Phi) is 5.44. The zero-order valence-corrected chi connectivity index (χ0v) is 14.5. The molecule has 5 nitrogen and oxygen atoms in total. The second-order valence-corrected chi connectivity index (χ2v) is 6.90. The number of benzene rings is 1. The maximum atomic E-state index is 12.5. The highest BCUT2D eigenvalue weighted by Gasteiger charge is 2.26. The Bertz CT molecular complexity index is 665. The van der Waals surface area contributed by atoms with Crippen LogP contribution in [0.5, 0.6) is 0 Å². The summed E-state index contributed by atoms with van der Waals surface area (Å²) in [4.78, 5) is 12.5. The lowest BCUT2D eigenvalue weighted by atomic mass is 9.90. The molecule has 0 radical (unpaired) electrons. The molecule has 2 rings (SSSR count). The van der Waals surface area contributed by atoms with Crippen molar-refractivity contribution in [2.24, 2.45) is 11.7 Å². The summed E-state index contributed by atoms with van der Waals surface area (Å²) in [5.41, 5.74) is 6.77. The Labute approximate surface area is 141 Å². The van der Waals surface area contributed by atoms with Crippen LogP contribution in [0.3, 0.4) is 0 Å². The van der Waals surface area contributed by atoms with Gasteiger partial charge in [-0.25, -0.2) is 4.68 Å². The molecule has 3 N–H and O–H groups in total. The van der Waals surface area contributed by atoms with Crippen molar-refractivity contribution in [3.8, 4) is 5.69 Å². The molecule has 1 aromatic carbocycles. The maximum absolute atomic E-state index is 12.5. The molecule has 0 aliphatic rings. The van der Waals surface area contributed by atoms with Crippen molar-refractivity contribution in [1.82, 2.24) is 15.1 Å². The lowest BCUT2D eigenvalue weighted by molar-refractivity contribution is 0.0898. The van der Waals surface area contributed by atoms with Crippen molar-refractivity contribution >= 4 is 17.5 Å². The van der Waals surface area contributed by atoms with E-state index in [-0.39, 0.29) is 5.91 Å². The first-order valence-corrected chi connectivity index (χ1v) is 8.04. The van der Waals surface area contributed by atoms with E-state index in [2.05, 4.69) is 24.3 Å². The van der Waals surface area contributed by atoms with Crippen LogP contribution in [0.25, 0.3) is 5.69 Å². The van der Waals surface area contributed by atoms with Gasteiger partial charge in [0.15, 0.2) is 0 Å². The molecule has 124 valence electrons. The molecule has 0 aliphatic heterocycles. The van der Waals surface area contributed by atoms with Crippen LogP contribution in [0.15, 0.2) is 36.7 Å². The van der Waals surface area contributed by atoms with Crippen LogP contribution < -0.4 is 11.1 Å². The summed E-state index contributed by atoms with van der Waals surface area (Å²) in [6.07, 6.45) is 4.07. The van der Waals surface area contributed by atoms with Gasteiger partial charge in [0.2, 0.25) is 0 Å². The van der Waals surface area contributed by atoms with E-state index in [9.17, 15) is 4.79 Å². The summed E-state index contributed by atoms with van der Waals surface area (Å²) in [7, 11) is 0. The molecule has 0 bridgehead atoms. The largest absolute Gasteiger partial charge is 0.346 e. The number of nitrogens with two attached hydrogens (primary N) is 1. The molecule has 1 aromatic heterocycles. The van der Waals surface area contributed by atoms with Crippen molar-refractivity contribution < 1.29 is 4.79 Å². The van der Waals surface area contributed by atoms with Gasteiger partial charge in [0.25, 0.3) is 5.91 Å². The standard InChI is InChI=1S/C17H23ClN4O/c1-12(2)8-17(3,11-19)21-16(23)13-9-20-22(10-13)15-6-4-14(18)5-7-15/h4-7,9-10,12H,8,11,19H2,1-3H3,(H,21,23). The van der Waals surface area contributed by atoms with E-state index in [4.69, 9.17) is 17.3 Å².